The van der Waals surface area contributed by atoms with Crippen LogP contribution in [0.5, 0.6) is 0 Å². The van der Waals surface area contributed by atoms with Crippen molar-refractivity contribution >= 4 is 33.2 Å². The lowest BCUT2D eigenvalue weighted by atomic mass is 10.1. The summed E-state index contributed by atoms with van der Waals surface area (Å²) in [5.41, 5.74) is 1.67. The van der Waals surface area contributed by atoms with Crippen LogP contribution in [0.15, 0.2) is 34.4 Å². The Balaban J connectivity index is 2.21. The summed E-state index contributed by atoms with van der Waals surface area (Å²) in [6.45, 7) is 0.675. The number of ether oxygens (including phenoxy) is 1. The van der Waals surface area contributed by atoms with E-state index in [-0.39, 0.29) is 12.1 Å². The summed E-state index contributed by atoms with van der Waals surface area (Å²) in [5, 5.41) is 3.20. The summed E-state index contributed by atoms with van der Waals surface area (Å²) in [4.78, 5) is 18.3. The molecular weight excluding hydrogens is 344 g/mol. The van der Waals surface area contributed by atoms with Crippen LogP contribution in [-0.2, 0) is 17.7 Å². The van der Waals surface area contributed by atoms with E-state index in [4.69, 9.17) is 22.8 Å². The first kappa shape index (κ1) is 16.7. The number of aromatic nitrogens is 2. The molecule has 0 atom stereocenters. The minimum absolute atomic E-state index is 0.116. The second-order valence-corrected chi connectivity index (χ2v) is 6.50. The number of hydrogen-bond acceptors (Lipinski definition) is 4. The Morgan fingerprint density at radius 1 is 1.38 bits per heavy atom. The Bertz CT molecular complexity index is 968. The average molecular weight is 359 g/mol. The number of nitrogens with zero attached hydrogens (tertiary/aromatic N) is 2. The van der Waals surface area contributed by atoms with Crippen molar-refractivity contribution in [2.24, 2.45) is 0 Å². The van der Waals surface area contributed by atoms with E-state index in [2.05, 4.69) is 10.9 Å². The van der Waals surface area contributed by atoms with Crippen molar-refractivity contribution in [2.75, 3.05) is 13.7 Å². The Morgan fingerprint density at radius 2 is 2.12 bits per heavy atom. The fourth-order valence-corrected chi connectivity index (χ4v) is 3.63. The van der Waals surface area contributed by atoms with Crippen LogP contribution in [0.25, 0.3) is 21.3 Å². The number of thiophene rings is 1. The molecule has 4 nitrogen and oxygen atoms in total. The molecule has 24 heavy (non-hydrogen) atoms. The number of benzene rings is 1. The van der Waals surface area contributed by atoms with Crippen molar-refractivity contribution in [1.82, 2.24) is 9.55 Å². The lowest BCUT2D eigenvalue weighted by molar-refractivity contribution is 0.199. The maximum atomic E-state index is 13.0. The summed E-state index contributed by atoms with van der Waals surface area (Å²) in [6, 6.07) is 7.41. The topological polar surface area (TPSA) is 44.1 Å². The van der Waals surface area contributed by atoms with Crippen molar-refractivity contribution < 1.29 is 4.74 Å². The van der Waals surface area contributed by atoms with E-state index in [0.29, 0.717) is 34.1 Å². The van der Waals surface area contributed by atoms with E-state index in [1.807, 2.05) is 17.5 Å². The molecule has 0 unspecified atom stereocenters. The van der Waals surface area contributed by atoms with Gasteiger partial charge in [0, 0.05) is 29.5 Å². The monoisotopic (exact) mass is 358 g/mol. The van der Waals surface area contributed by atoms with Crippen LogP contribution < -0.4 is 5.56 Å². The second kappa shape index (κ2) is 7.18. The summed E-state index contributed by atoms with van der Waals surface area (Å²) in [5.74, 6) is 3.18. The molecule has 3 rings (SSSR count). The second-order valence-electron chi connectivity index (χ2n) is 5.20. The van der Waals surface area contributed by atoms with Gasteiger partial charge in [0.2, 0.25) is 0 Å². The van der Waals surface area contributed by atoms with E-state index in [0.717, 1.165) is 11.1 Å². The Kier molecular flexibility index (Phi) is 5.00. The highest BCUT2D eigenvalue weighted by molar-refractivity contribution is 7.17. The third-order valence-corrected chi connectivity index (χ3v) is 4.83. The van der Waals surface area contributed by atoms with Gasteiger partial charge in [-0.2, -0.15) is 0 Å². The van der Waals surface area contributed by atoms with E-state index >= 15 is 0 Å². The molecule has 0 spiro atoms. The van der Waals surface area contributed by atoms with Gasteiger partial charge in [-0.3, -0.25) is 9.36 Å². The van der Waals surface area contributed by atoms with Gasteiger partial charge in [-0.25, -0.2) is 4.98 Å². The molecule has 0 aliphatic carbocycles. The first-order valence-electron chi connectivity index (χ1n) is 7.35. The van der Waals surface area contributed by atoms with Gasteiger partial charge >= 0.3 is 0 Å². The predicted octanol–water partition coefficient (Wildman–Crippen LogP) is 3.60. The van der Waals surface area contributed by atoms with Gasteiger partial charge in [0.05, 0.1) is 18.5 Å². The van der Waals surface area contributed by atoms with Crippen LogP contribution in [-0.4, -0.2) is 23.3 Å². The SMILES string of the molecule is C#CCn1c(CCOC)nc2scc(-c3ccc(Cl)cc3)c2c1=O. The maximum Gasteiger partial charge on any atom is 0.263 e. The third-order valence-electron chi connectivity index (χ3n) is 3.71. The molecule has 0 aliphatic heterocycles. The molecule has 0 radical (unpaired) electrons. The molecule has 0 aliphatic rings. The van der Waals surface area contributed by atoms with Gasteiger partial charge in [-0.1, -0.05) is 29.7 Å². The summed E-state index contributed by atoms with van der Waals surface area (Å²) >= 11 is 7.40. The van der Waals surface area contributed by atoms with Crippen molar-refractivity contribution in [1.29, 1.82) is 0 Å². The summed E-state index contributed by atoms with van der Waals surface area (Å²) in [7, 11) is 1.62. The van der Waals surface area contributed by atoms with E-state index in [9.17, 15) is 4.79 Å². The Morgan fingerprint density at radius 3 is 2.79 bits per heavy atom. The highest BCUT2D eigenvalue weighted by atomic mass is 35.5. The number of rotatable bonds is 5. The largest absolute Gasteiger partial charge is 0.384 e. The first-order valence-corrected chi connectivity index (χ1v) is 8.60. The minimum atomic E-state index is -0.116. The van der Waals surface area contributed by atoms with Crippen molar-refractivity contribution in [3.05, 3.63) is 50.8 Å². The van der Waals surface area contributed by atoms with Gasteiger partial charge in [0.15, 0.2) is 0 Å². The molecule has 6 heteroatoms. The van der Waals surface area contributed by atoms with Crippen LogP contribution in [0.2, 0.25) is 5.02 Å². The molecule has 0 saturated heterocycles. The smallest absolute Gasteiger partial charge is 0.263 e. The highest BCUT2D eigenvalue weighted by Gasteiger charge is 2.16. The van der Waals surface area contributed by atoms with Gasteiger partial charge in [-0.05, 0) is 17.7 Å². The molecule has 0 fully saturated rings. The van der Waals surface area contributed by atoms with Crippen LogP contribution in [0.4, 0.5) is 0 Å². The lowest BCUT2D eigenvalue weighted by Crippen LogP contribution is -2.25. The molecule has 122 valence electrons. The van der Waals surface area contributed by atoms with Gasteiger partial charge in [0.1, 0.15) is 10.7 Å². The van der Waals surface area contributed by atoms with Crippen molar-refractivity contribution in [2.45, 2.75) is 13.0 Å². The molecule has 3 aromatic rings. The molecule has 0 amide bonds. The van der Waals surface area contributed by atoms with Crippen LogP contribution >= 0.6 is 22.9 Å². The molecule has 0 saturated carbocycles. The zero-order chi connectivity index (χ0) is 17.1. The lowest BCUT2D eigenvalue weighted by Gasteiger charge is -2.10. The standard InChI is InChI=1S/C18H15ClN2O2S/c1-3-9-21-15(8-10-23-2)20-17-16(18(21)22)14(11-24-17)12-4-6-13(19)7-5-12/h1,4-7,11H,8-10H2,2H3. The molecule has 0 N–H and O–H groups in total. The van der Waals surface area contributed by atoms with Crippen LogP contribution in [0, 0.1) is 12.3 Å². The zero-order valence-electron chi connectivity index (χ0n) is 13.1. The molecule has 1 aromatic carbocycles. The quantitative estimate of drug-likeness (QED) is 0.654. The number of terminal acetylenes is 1. The van der Waals surface area contributed by atoms with E-state index < -0.39 is 0 Å². The number of hydrogen-bond donors (Lipinski definition) is 0. The summed E-state index contributed by atoms with van der Waals surface area (Å²) < 4.78 is 6.65. The van der Waals surface area contributed by atoms with Crippen LogP contribution in [0.3, 0.4) is 0 Å². The number of fused-ring (bicyclic) bond motifs is 1. The number of methoxy groups -OCH3 is 1. The van der Waals surface area contributed by atoms with Gasteiger partial charge in [-0.15, -0.1) is 17.8 Å². The maximum absolute atomic E-state index is 13.0. The van der Waals surface area contributed by atoms with E-state index in [1.165, 1.54) is 11.3 Å². The van der Waals surface area contributed by atoms with E-state index in [1.54, 1.807) is 23.8 Å². The van der Waals surface area contributed by atoms with Crippen LogP contribution in [0.1, 0.15) is 5.82 Å². The normalized spacial score (nSPS) is 10.9. The third kappa shape index (κ3) is 3.09. The molecule has 2 heterocycles. The van der Waals surface area contributed by atoms with Crippen molar-refractivity contribution in [3.63, 3.8) is 0 Å². The Labute approximate surface area is 148 Å². The van der Waals surface area contributed by atoms with Crippen molar-refractivity contribution in [3.8, 4) is 23.5 Å². The highest BCUT2D eigenvalue weighted by Crippen LogP contribution is 2.31. The van der Waals surface area contributed by atoms with Gasteiger partial charge < -0.3 is 4.74 Å². The Hall–Kier alpha value is -2.13. The average Bonchev–Trinajstić information content (AvgIpc) is 3.00. The van der Waals surface area contributed by atoms with Gasteiger partial charge in [0.25, 0.3) is 5.56 Å². The minimum Gasteiger partial charge on any atom is -0.384 e. The summed E-state index contributed by atoms with van der Waals surface area (Å²) in [6.07, 6.45) is 5.97. The fraction of sp³-hybridized carbons (Fsp3) is 0.222. The molecule has 0 bridgehead atoms. The zero-order valence-corrected chi connectivity index (χ0v) is 14.7. The molecule has 2 aromatic heterocycles. The first-order chi connectivity index (χ1) is 11.7. The number of halogens is 1. The predicted molar refractivity (Wildman–Crippen MR) is 98.7 cm³/mol. The molecular formula is C18H15ClN2O2S. The fourth-order valence-electron chi connectivity index (χ4n) is 2.55.